The first-order valence-electron chi connectivity index (χ1n) is 13.5. The lowest BCUT2D eigenvalue weighted by Gasteiger charge is -2.25. The number of ether oxygens (including phenoxy) is 4. The van der Waals surface area contributed by atoms with E-state index >= 15 is 0 Å². The number of carbonyl (C=O) groups excluding carboxylic acids is 3. The first-order chi connectivity index (χ1) is 19.2. The first kappa shape index (κ1) is 33.8. The fraction of sp³-hybridized carbons (Fsp3) is 0.467. The maximum absolute atomic E-state index is 13.2. The third kappa shape index (κ3) is 13.2. The zero-order valence-corrected chi connectivity index (χ0v) is 26.8. The number of rotatable bonds is 13. The van der Waals surface area contributed by atoms with Crippen molar-refractivity contribution in [2.45, 2.75) is 77.2 Å². The Bertz CT molecular complexity index is 1160. The molecule has 0 aliphatic heterocycles. The average Bonchev–Trinajstić information content (AvgIpc) is 2.89. The van der Waals surface area contributed by atoms with Gasteiger partial charge in [-0.05, 0) is 50.1 Å². The quantitative estimate of drug-likeness (QED) is 0.141. The molecule has 0 aromatic heterocycles. The maximum atomic E-state index is 13.2. The third-order valence-electron chi connectivity index (χ3n) is 5.67. The largest absolute Gasteiger partial charge is 0.489 e. The van der Waals surface area contributed by atoms with Gasteiger partial charge in [-0.25, -0.2) is 14.4 Å². The molecule has 0 saturated heterocycles. The van der Waals surface area contributed by atoms with Gasteiger partial charge in [-0.15, -0.1) is 0 Å². The summed E-state index contributed by atoms with van der Waals surface area (Å²) in [6, 6.07) is 15.7. The molecule has 0 spiro atoms. The second kappa shape index (κ2) is 15.5. The van der Waals surface area contributed by atoms with Gasteiger partial charge in [0.05, 0.1) is 13.7 Å². The monoisotopic (exact) mass is 602 g/mol. The van der Waals surface area contributed by atoms with Gasteiger partial charge in [-0.3, -0.25) is 0 Å². The number of nitrogens with one attached hydrogen (secondary N) is 2. The molecule has 1 amide bonds. The summed E-state index contributed by atoms with van der Waals surface area (Å²) in [6.07, 6.45) is -0.636. The normalized spacial score (nSPS) is 12.9. The number of alkyl carbamates (subject to hydrolysis) is 1. The maximum Gasteiger partial charge on any atom is 0.408 e. The van der Waals surface area contributed by atoms with E-state index in [1.807, 2.05) is 54.6 Å². The zero-order chi connectivity index (χ0) is 30.6. The van der Waals surface area contributed by atoms with Crippen LogP contribution in [-0.4, -0.2) is 62.5 Å². The summed E-state index contributed by atoms with van der Waals surface area (Å²) in [6.45, 7) is 12.4. The summed E-state index contributed by atoms with van der Waals surface area (Å²) < 4.78 is 21.6. The molecular formula is C30H42N2O7SSi. The standard InChI is InChI=1S/C30H42N2O7SSi/c1-30(2,3)39-29(35)32-25(28(34)36-4)26(40)31-24(27(33)37-17-18-41(5,6)7)19-21-13-15-23(16-14-21)38-20-22-11-9-8-10-12-22/h8-16,24-25H,17-20H2,1-7H3,(H,31,40)(H,32,35)/t24-,25-/m0/s1. The summed E-state index contributed by atoms with van der Waals surface area (Å²) in [7, 11) is -0.261. The minimum absolute atomic E-state index is 0.0994. The van der Waals surface area contributed by atoms with E-state index in [9.17, 15) is 14.4 Å². The Morgan fingerprint density at radius 1 is 0.902 bits per heavy atom. The van der Waals surface area contributed by atoms with Gasteiger partial charge < -0.3 is 29.6 Å². The van der Waals surface area contributed by atoms with E-state index in [1.54, 1.807) is 20.8 Å². The Balaban J connectivity index is 2.16. The lowest BCUT2D eigenvalue weighted by molar-refractivity contribution is -0.145. The molecule has 2 rings (SSSR count). The van der Waals surface area contributed by atoms with Crippen LogP contribution in [0.2, 0.25) is 25.7 Å². The van der Waals surface area contributed by atoms with Crippen LogP contribution in [0.3, 0.4) is 0 Å². The molecule has 0 unspecified atom stereocenters. The molecule has 0 fully saturated rings. The van der Waals surface area contributed by atoms with E-state index in [0.717, 1.165) is 17.2 Å². The molecule has 2 atom stereocenters. The van der Waals surface area contributed by atoms with Crippen LogP contribution in [0, 0.1) is 0 Å². The van der Waals surface area contributed by atoms with Gasteiger partial charge in [-0.2, -0.15) is 0 Å². The number of amides is 1. The van der Waals surface area contributed by atoms with Crippen LogP contribution in [-0.2, 0) is 36.8 Å². The van der Waals surface area contributed by atoms with Gasteiger partial charge in [0.2, 0.25) is 0 Å². The zero-order valence-electron chi connectivity index (χ0n) is 24.9. The van der Waals surface area contributed by atoms with Crippen LogP contribution < -0.4 is 15.4 Å². The molecule has 224 valence electrons. The SMILES string of the molecule is COC(=O)[C@@H](NC(=O)OC(C)(C)C)C(=S)N[C@@H](Cc1ccc(OCc2ccccc2)cc1)C(=O)OCC[Si](C)(C)C. The number of methoxy groups -OCH3 is 1. The van der Waals surface area contributed by atoms with Gasteiger partial charge in [0, 0.05) is 14.5 Å². The van der Waals surface area contributed by atoms with Crippen molar-refractivity contribution in [1.82, 2.24) is 10.6 Å². The summed E-state index contributed by atoms with van der Waals surface area (Å²) in [5.74, 6) is -0.641. The van der Waals surface area contributed by atoms with Crippen molar-refractivity contribution in [2.24, 2.45) is 0 Å². The topological polar surface area (TPSA) is 112 Å². The van der Waals surface area contributed by atoms with Crippen molar-refractivity contribution in [1.29, 1.82) is 0 Å². The number of benzene rings is 2. The van der Waals surface area contributed by atoms with Crippen LogP contribution in [0.15, 0.2) is 54.6 Å². The molecule has 9 nitrogen and oxygen atoms in total. The molecule has 2 aromatic rings. The van der Waals surface area contributed by atoms with E-state index in [4.69, 9.17) is 31.2 Å². The Morgan fingerprint density at radius 2 is 1.54 bits per heavy atom. The van der Waals surface area contributed by atoms with Gasteiger partial charge in [0.1, 0.15) is 29.0 Å². The predicted molar refractivity (Wildman–Crippen MR) is 165 cm³/mol. The van der Waals surface area contributed by atoms with Crippen molar-refractivity contribution in [2.75, 3.05) is 13.7 Å². The molecule has 0 radical (unpaired) electrons. The number of esters is 2. The molecule has 2 N–H and O–H groups in total. The minimum atomic E-state index is -1.44. The van der Waals surface area contributed by atoms with Crippen molar-refractivity contribution >= 4 is 43.3 Å². The van der Waals surface area contributed by atoms with Crippen molar-refractivity contribution in [3.8, 4) is 5.75 Å². The Kier molecular flexibility index (Phi) is 12.8. The van der Waals surface area contributed by atoms with Gasteiger partial charge >= 0.3 is 18.0 Å². The Morgan fingerprint density at radius 3 is 2.10 bits per heavy atom. The molecule has 0 aliphatic carbocycles. The number of carbonyl (C=O) groups is 3. The van der Waals surface area contributed by atoms with Gasteiger partial charge in [0.15, 0.2) is 6.04 Å². The predicted octanol–water partition coefficient (Wildman–Crippen LogP) is 5.04. The lowest BCUT2D eigenvalue weighted by atomic mass is 10.1. The van der Waals surface area contributed by atoms with Crippen molar-refractivity contribution < 1.29 is 33.3 Å². The fourth-order valence-electron chi connectivity index (χ4n) is 3.48. The van der Waals surface area contributed by atoms with E-state index in [-0.39, 0.29) is 18.0 Å². The smallest absolute Gasteiger partial charge is 0.408 e. The van der Waals surface area contributed by atoms with Crippen LogP contribution in [0.4, 0.5) is 4.79 Å². The molecular weight excluding hydrogens is 560 g/mol. The highest BCUT2D eigenvalue weighted by atomic mass is 32.1. The van der Waals surface area contributed by atoms with E-state index in [1.165, 1.54) is 7.11 Å². The van der Waals surface area contributed by atoms with Crippen LogP contribution in [0.5, 0.6) is 5.75 Å². The summed E-state index contributed by atoms with van der Waals surface area (Å²) in [4.78, 5) is 38.0. The van der Waals surface area contributed by atoms with E-state index < -0.39 is 43.8 Å². The highest BCUT2D eigenvalue weighted by Crippen LogP contribution is 2.17. The first-order valence-corrected chi connectivity index (χ1v) is 17.6. The second-order valence-electron chi connectivity index (χ2n) is 11.8. The summed E-state index contributed by atoms with van der Waals surface area (Å²) >= 11 is 5.46. The molecule has 0 saturated carbocycles. The Hall–Kier alpha value is -3.44. The second-order valence-corrected chi connectivity index (χ2v) is 17.8. The summed E-state index contributed by atoms with van der Waals surface area (Å²) in [5, 5.41) is 5.35. The highest BCUT2D eigenvalue weighted by Gasteiger charge is 2.32. The van der Waals surface area contributed by atoms with Crippen molar-refractivity contribution in [3.63, 3.8) is 0 Å². The van der Waals surface area contributed by atoms with Crippen LogP contribution in [0.25, 0.3) is 0 Å². The molecule has 11 heteroatoms. The van der Waals surface area contributed by atoms with Crippen LogP contribution >= 0.6 is 12.2 Å². The molecule has 0 heterocycles. The summed E-state index contributed by atoms with van der Waals surface area (Å²) in [5.41, 5.74) is 1.07. The molecule has 41 heavy (non-hydrogen) atoms. The van der Waals surface area contributed by atoms with E-state index in [2.05, 4.69) is 30.3 Å². The lowest BCUT2D eigenvalue weighted by Crippen LogP contribution is -2.55. The highest BCUT2D eigenvalue weighted by molar-refractivity contribution is 7.80. The number of hydrogen-bond acceptors (Lipinski definition) is 8. The molecule has 2 aromatic carbocycles. The number of thiocarbonyl (C=S) groups is 1. The Labute approximate surface area is 249 Å². The third-order valence-corrected chi connectivity index (χ3v) is 7.73. The van der Waals surface area contributed by atoms with Crippen LogP contribution in [0.1, 0.15) is 31.9 Å². The van der Waals surface area contributed by atoms with Gasteiger partial charge in [-0.1, -0.05) is 74.3 Å². The number of hydrogen-bond donors (Lipinski definition) is 2. The van der Waals surface area contributed by atoms with E-state index in [0.29, 0.717) is 12.4 Å². The molecule has 0 bridgehead atoms. The fourth-order valence-corrected chi connectivity index (χ4v) is 4.49. The van der Waals surface area contributed by atoms with Crippen molar-refractivity contribution in [3.05, 3.63) is 65.7 Å². The average molecular weight is 603 g/mol. The van der Waals surface area contributed by atoms with Gasteiger partial charge in [0.25, 0.3) is 0 Å². The minimum Gasteiger partial charge on any atom is -0.489 e. The molecule has 0 aliphatic rings.